The third kappa shape index (κ3) is 3.75. The summed E-state index contributed by atoms with van der Waals surface area (Å²) >= 11 is 0. The van der Waals surface area contributed by atoms with Crippen LogP contribution in [0.25, 0.3) is 0 Å². The Morgan fingerprint density at radius 3 is 2.77 bits per heavy atom. The standard InChI is InChI=1S/C25H30N4O/c1-26-22-7-4-6-20(13-22)19-9-11-28(12-10-19)16-18-15-27-29(17-18)25-23-8-3-2-5-21(23)14-24(25)30/h2-8,13,15,17,19,24-26,30H,9-12,14,16H2,1H3/t24-,25-/m1/s1. The molecule has 2 atom stereocenters. The predicted molar refractivity (Wildman–Crippen MR) is 120 cm³/mol. The smallest absolute Gasteiger partial charge is 0.103 e. The van der Waals surface area contributed by atoms with E-state index in [-0.39, 0.29) is 6.04 Å². The maximum absolute atomic E-state index is 10.6. The summed E-state index contributed by atoms with van der Waals surface area (Å²) in [4.78, 5) is 2.53. The zero-order valence-corrected chi connectivity index (χ0v) is 17.5. The molecule has 5 heteroatoms. The minimum Gasteiger partial charge on any atom is -0.390 e. The Hall–Kier alpha value is -2.63. The number of rotatable bonds is 5. The van der Waals surface area contributed by atoms with E-state index in [2.05, 4.69) is 57.9 Å². The van der Waals surface area contributed by atoms with Crippen molar-refractivity contribution in [2.24, 2.45) is 0 Å². The zero-order chi connectivity index (χ0) is 20.5. The molecule has 0 spiro atoms. The average molecular weight is 403 g/mol. The zero-order valence-electron chi connectivity index (χ0n) is 17.5. The van der Waals surface area contributed by atoms with Gasteiger partial charge in [-0.3, -0.25) is 9.58 Å². The normalized spacial score (nSPS) is 22.2. The highest BCUT2D eigenvalue weighted by Gasteiger charge is 2.32. The fourth-order valence-electron chi connectivity index (χ4n) is 5.11. The lowest BCUT2D eigenvalue weighted by Gasteiger charge is -2.32. The van der Waals surface area contributed by atoms with E-state index < -0.39 is 6.10 Å². The topological polar surface area (TPSA) is 53.3 Å². The first-order valence-corrected chi connectivity index (χ1v) is 11.0. The van der Waals surface area contributed by atoms with Gasteiger partial charge in [-0.2, -0.15) is 5.10 Å². The van der Waals surface area contributed by atoms with Gasteiger partial charge in [0.25, 0.3) is 0 Å². The van der Waals surface area contributed by atoms with Crippen LogP contribution in [-0.4, -0.2) is 46.0 Å². The van der Waals surface area contributed by atoms with Gasteiger partial charge in [0.1, 0.15) is 6.04 Å². The number of aromatic nitrogens is 2. The molecule has 0 bridgehead atoms. The van der Waals surface area contributed by atoms with Gasteiger partial charge in [0.2, 0.25) is 0 Å². The van der Waals surface area contributed by atoms with Crippen LogP contribution in [0, 0.1) is 0 Å². The SMILES string of the molecule is CNc1cccc(C2CCN(Cc3cnn([C@@H]4c5ccccc5C[C@H]4O)c3)CC2)c1. The predicted octanol–water partition coefficient (Wildman–Crippen LogP) is 3.81. The van der Waals surface area contributed by atoms with E-state index in [1.54, 1.807) is 0 Å². The van der Waals surface area contributed by atoms with Gasteiger partial charge in [-0.15, -0.1) is 0 Å². The van der Waals surface area contributed by atoms with Gasteiger partial charge in [-0.25, -0.2) is 0 Å². The minimum atomic E-state index is -0.403. The van der Waals surface area contributed by atoms with Crippen LogP contribution < -0.4 is 5.32 Å². The van der Waals surface area contributed by atoms with Crippen LogP contribution in [0.3, 0.4) is 0 Å². The Morgan fingerprint density at radius 2 is 1.93 bits per heavy atom. The molecule has 5 nitrogen and oxygen atoms in total. The van der Waals surface area contributed by atoms with Crippen LogP contribution in [-0.2, 0) is 13.0 Å². The highest BCUT2D eigenvalue weighted by Crippen LogP contribution is 2.34. The quantitative estimate of drug-likeness (QED) is 0.681. The van der Waals surface area contributed by atoms with Crippen molar-refractivity contribution in [2.45, 2.75) is 43.9 Å². The van der Waals surface area contributed by atoms with Crippen molar-refractivity contribution >= 4 is 5.69 Å². The molecule has 0 amide bonds. The van der Waals surface area contributed by atoms with E-state index >= 15 is 0 Å². The van der Waals surface area contributed by atoms with Gasteiger partial charge in [-0.1, -0.05) is 36.4 Å². The van der Waals surface area contributed by atoms with Crippen molar-refractivity contribution in [1.82, 2.24) is 14.7 Å². The molecule has 0 saturated carbocycles. The first kappa shape index (κ1) is 19.3. The van der Waals surface area contributed by atoms with E-state index in [1.807, 2.05) is 30.1 Å². The number of fused-ring (bicyclic) bond motifs is 1. The molecule has 2 N–H and O–H groups in total. The number of hydrogen-bond acceptors (Lipinski definition) is 4. The van der Waals surface area contributed by atoms with Crippen molar-refractivity contribution in [3.8, 4) is 0 Å². The van der Waals surface area contributed by atoms with Gasteiger partial charge < -0.3 is 10.4 Å². The Kier molecular flexibility index (Phi) is 5.32. The average Bonchev–Trinajstić information content (AvgIpc) is 3.37. The van der Waals surface area contributed by atoms with Gasteiger partial charge in [0, 0.05) is 37.5 Å². The van der Waals surface area contributed by atoms with Gasteiger partial charge in [0.15, 0.2) is 0 Å². The highest BCUT2D eigenvalue weighted by atomic mass is 16.3. The van der Waals surface area contributed by atoms with Crippen molar-refractivity contribution in [3.05, 3.63) is 83.2 Å². The van der Waals surface area contributed by atoms with Crippen molar-refractivity contribution in [3.63, 3.8) is 0 Å². The summed E-state index contributed by atoms with van der Waals surface area (Å²) in [5, 5.41) is 18.5. The fraction of sp³-hybridized carbons (Fsp3) is 0.400. The number of anilines is 1. The number of aliphatic hydroxyl groups excluding tert-OH is 1. The van der Waals surface area contributed by atoms with Crippen LogP contribution >= 0.6 is 0 Å². The molecule has 1 aromatic heterocycles. The van der Waals surface area contributed by atoms with Crippen LogP contribution in [0.15, 0.2) is 60.9 Å². The van der Waals surface area contributed by atoms with Gasteiger partial charge in [0.05, 0.1) is 12.3 Å². The summed E-state index contributed by atoms with van der Waals surface area (Å²) in [7, 11) is 1.98. The first-order chi connectivity index (χ1) is 14.7. The lowest BCUT2D eigenvalue weighted by atomic mass is 9.89. The molecule has 3 aromatic rings. The molecule has 1 fully saturated rings. The summed E-state index contributed by atoms with van der Waals surface area (Å²) in [5.74, 6) is 0.641. The molecule has 1 aliphatic carbocycles. The maximum atomic E-state index is 10.6. The molecule has 156 valence electrons. The summed E-state index contributed by atoms with van der Waals surface area (Å²) in [6, 6.07) is 17.1. The molecule has 2 heterocycles. The van der Waals surface area contributed by atoms with Crippen molar-refractivity contribution in [1.29, 1.82) is 0 Å². The summed E-state index contributed by atoms with van der Waals surface area (Å²) < 4.78 is 1.96. The molecule has 30 heavy (non-hydrogen) atoms. The van der Waals surface area contributed by atoms with Crippen LogP contribution in [0.2, 0.25) is 0 Å². The molecular weight excluding hydrogens is 372 g/mol. The molecule has 1 saturated heterocycles. The van der Waals surface area contributed by atoms with E-state index in [9.17, 15) is 5.11 Å². The summed E-state index contributed by atoms with van der Waals surface area (Å²) in [6.07, 6.45) is 6.78. The summed E-state index contributed by atoms with van der Waals surface area (Å²) in [5.41, 5.74) is 6.30. The molecular formula is C25H30N4O. The third-order valence-corrected chi connectivity index (χ3v) is 6.75. The largest absolute Gasteiger partial charge is 0.390 e. The lowest BCUT2D eigenvalue weighted by molar-refractivity contribution is 0.138. The van der Waals surface area contributed by atoms with Crippen LogP contribution in [0.1, 0.15) is 47.1 Å². The number of nitrogens with one attached hydrogen (secondary N) is 1. The number of piperidine rings is 1. The number of hydrogen-bond donors (Lipinski definition) is 2. The van der Waals surface area contributed by atoms with Gasteiger partial charge in [-0.05, 0) is 60.7 Å². The molecule has 1 aliphatic heterocycles. The molecule has 2 aliphatic rings. The molecule has 2 aromatic carbocycles. The number of aliphatic hydroxyl groups is 1. The second-order valence-corrected chi connectivity index (χ2v) is 8.67. The monoisotopic (exact) mass is 402 g/mol. The number of benzene rings is 2. The first-order valence-electron chi connectivity index (χ1n) is 11.0. The van der Waals surface area contributed by atoms with Gasteiger partial charge >= 0.3 is 0 Å². The van der Waals surface area contributed by atoms with E-state index in [4.69, 9.17) is 0 Å². The van der Waals surface area contributed by atoms with Crippen LogP contribution in [0.4, 0.5) is 5.69 Å². The third-order valence-electron chi connectivity index (χ3n) is 6.75. The number of nitrogens with zero attached hydrogens (tertiary/aromatic N) is 3. The summed E-state index contributed by atoms with van der Waals surface area (Å²) in [6.45, 7) is 3.14. The molecule has 0 radical (unpaired) electrons. The maximum Gasteiger partial charge on any atom is 0.103 e. The van der Waals surface area contributed by atoms with Crippen molar-refractivity contribution < 1.29 is 5.11 Å². The Labute approximate surface area is 178 Å². The molecule has 5 rings (SSSR count). The second kappa shape index (κ2) is 8.25. The van der Waals surface area contributed by atoms with E-state index in [1.165, 1.54) is 40.8 Å². The van der Waals surface area contributed by atoms with Crippen LogP contribution in [0.5, 0.6) is 0 Å². The fourth-order valence-corrected chi connectivity index (χ4v) is 5.11. The Bertz CT molecular complexity index is 1010. The Morgan fingerprint density at radius 1 is 1.10 bits per heavy atom. The number of likely N-dealkylation sites (tertiary alicyclic amines) is 1. The molecule has 0 unspecified atom stereocenters. The second-order valence-electron chi connectivity index (χ2n) is 8.67. The van der Waals surface area contributed by atoms with Crippen molar-refractivity contribution in [2.75, 3.05) is 25.5 Å². The highest BCUT2D eigenvalue weighted by molar-refractivity contribution is 5.46. The van der Waals surface area contributed by atoms with E-state index in [0.29, 0.717) is 12.3 Å². The van der Waals surface area contributed by atoms with E-state index in [0.717, 1.165) is 19.6 Å². The lowest BCUT2D eigenvalue weighted by Crippen LogP contribution is -2.32. The minimum absolute atomic E-state index is 0.0693. The Balaban J connectivity index is 1.22.